The van der Waals surface area contributed by atoms with Crippen LogP contribution in [0, 0.1) is 5.92 Å². The Bertz CT molecular complexity index is 762. The van der Waals surface area contributed by atoms with Crippen LogP contribution in [0.25, 0.3) is 0 Å². The zero-order valence-corrected chi connectivity index (χ0v) is 16.5. The fraction of sp³-hybridized carbons (Fsp3) is 0.250. The summed E-state index contributed by atoms with van der Waals surface area (Å²) in [5.41, 5.74) is 1.35. The summed E-state index contributed by atoms with van der Waals surface area (Å²) in [5, 5.41) is 2.90. The molecule has 1 atom stereocenters. The zero-order chi connectivity index (χ0) is 18.3. The van der Waals surface area contributed by atoms with Crippen LogP contribution in [0.4, 0.5) is 0 Å². The summed E-state index contributed by atoms with van der Waals surface area (Å²) in [6, 6.07) is 33.7. The van der Waals surface area contributed by atoms with E-state index in [0.29, 0.717) is 19.1 Å². The van der Waals surface area contributed by atoms with E-state index in [1.165, 1.54) is 15.9 Å². The average Bonchev–Trinajstić information content (AvgIpc) is 3.28. The molecule has 1 fully saturated rings. The minimum absolute atomic E-state index is 0.0994. The Labute approximate surface area is 163 Å². The molecule has 4 rings (SSSR count). The molecule has 2 nitrogen and oxygen atoms in total. The molecular weight excluding hydrogens is 348 g/mol. The maximum Gasteiger partial charge on any atom is 0.160 e. The second kappa shape index (κ2) is 9.13. The smallest absolute Gasteiger partial charge is 0.160 e. The predicted octanol–water partition coefficient (Wildman–Crippen LogP) is 3.53. The molecule has 0 spiro atoms. The van der Waals surface area contributed by atoms with Gasteiger partial charge in [0, 0.05) is 5.92 Å². The van der Waals surface area contributed by atoms with E-state index < -0.39 is 8.80 Å². The van der Waals surface area contributed by atoms with E-state index in [2.05, 4.69) is 91.0 Å². The van der Waals surface area contributed by atoms with Gasteiger partial charge in [0.15, 0.2) is 6.29 Å². The molecule has 0 aliphatic carbocycles. The van der Waals surface area contributed by atoms with Gasteiger partial charge >= 0.3 is 0 Å². The standard InChI is InChI=1S/C24H25O2Si/c1-4-10-20(11-5-1)18-21(24-25-16-17-26-24)19-27(22-12-6-2-7-13-22)23-14-8-3-9-15-23/h1-15,21,24H,16-19H2. The first-order chi connectivity index (χ1) is 13.4. The van der Waals surface area contributed by atoms with E-state index in [0.717, 1.165) is 12.5 Å². The molecule has 0 amide bonds. The summed E-state index contributed by atoms with van der Waals surface area (Å²) in [5.74, 6) is 0.351. The highest BCUT2D eigenvalue weighted by Crippen LogP contribution is 2.24. The highest BCUT2D eigenvalue weighted by Gasteiger charge is 2.31. The second-order valence-electron chi connectivity index (χ2n) is 6.97. The van der Waals surface area contributed by atoms with E-state index in [4.69, 9.17) is 9.47 Å². The molecule has 3 aromatic carbocycles. The van der Waals surface area contributed by atoms with E-state index in [1.807, 2.05) is 0 Å². The van der Waals surface area contributed by atoms with Crippen molar-refractivity contribution in [3.05, 3.63) is 96.6 Å². The van der Waals surface area contributed by atoms with Crippen LogP contribution in [-0.2, 0) is 15.9 Å². The van der Waals surface area contributed by atoms with Gasteiger partial charge in [-0.2, -0.15) is 0 Å². The molecule has 3 aromatic rings. The van der Waals surface area contributed by atoms with Crippen molar-refractivity contribution in [1.29, 1.82) is 0 Å². The lowest BCUT2D eigenvalue weighted by Gasteiger charge is -2.27. The van der Waals surface area contributed by atoms with Crippen LogP contribution in [0.2, 0.25) is 6.04 Å². The third kappa shape index (κ3) is 4.75. The van der Waals surface area contributed by atoms with Gasteiger partial charge in [0.05, 0.1) is 13.2 Å². The Morgan fingerprint density at radius 1 is 0.704 bits per heavy atom. The Kier molecular flexibility index (Phi) is 6.15. The molecule has 0 N–H and O–H groups in total. The van der Waals surface area contributed by atoms with Crippen molar-refractivity contribution in [3.8, 4) is 0 Å². The lowest BCUT2D eigenvalue weighted by atomic mass is 10.0. The van der Waals surface area contributed by atoms with E-state index in [9.17, 15) is 0 Å². The SMILES string of the molecule is c1ccc(CC(C[Si](c2ccccc2)c2ccccc2)C2OCCO2)cc1. The fourth-order valence-corrected chi connectivity index (χ4v) is 6.63. The van der Waals surface area contributed by atoms with Crippen LogP contribution < -0.4 is 10.4 Å². The fourth-order valence-electron chi connectivity index (χ4n) is 3.77. The summed E-state index contributed by atoms with van der Waals surface area (Å²) in [6.07, 6.45) is 0.886. The van der Waals surface area contributed by atoms with Crippen molar-refractivity contribution in [3.63, 3.8) is 0 Å². The van der Waals surface area contributed by atoms with Crippen molar-refractivity contribution in [2.45, 2.75) is 18.8 Å². The maximum atomic E-state index is 5.95. The molecule has 0 aromatic heterocycles. The molecule has 3 heteroatoms. The highest BCUT2D eigenvalue weighted by atomic mass is 28.3. The maximum absolute atomic E-state index is 5.95. The molecule has 1 aliphatic rings. The number of rotatable bonds is 7. The number of hydrogen-bond acceptors (Lipinski definition) is 2. The molecule has 1 aliphatic heterocycles. The Hall–Kier alpha value is -2.20. The van der Waals surface area contributed by atoms with Gasteiger partial charge in [-0.25, -0.2) is 0 Å². The molecule has 1 saturated heterocycles. The lowest BCUT2D eigenvalue weighted by molar-refractivity contribution is -0.0780. The van der Waals surface area contributed by atoms with Crippen molar-refractivity contribution < 1.29 is 9.47 Å². The Balaban J connectivity index is 1.63. The summed E-state index contributed by atoms with van der Waals surface area (Å²) in [6.45, 7) is 1.41. The van der Waals surface area contributed by atoms with Crippen LogP contribution in [-0.4, -0.2) is 28.3 Å². The first kappa shape index (κ1) is 18.2. The molecule has 27 heavy (non-hydrogen) atoms. The first-order valence-corrected chi connectivity index (χ1v) is 11.3. The number of ether oxygens (including phenoxy) is 2. The molecule has 1 unspecified atom stereocenters. The van der Waals surface area contributed by atoms with Crippen molar-refractivity contribution >= 4 is 19.2 Å². The van der Waals surface area contributed by atoms with Crippen molar-refractivity contribution in [1.82, 2.24) is 0 Å². The minimum atomic E-state index is -0.914. The summed E-state index contributed by atoms with van der Waals surface area (Å²) >= 11 is 0. The largest absolute Gasteiger partial charge is 0.350 e. The van der Waals surface area contributed by atoms with Crippen LogP contribution in [0.1, 0.15) is 5.56 Å². The van der Waals surface area contributed by atoms with Crippen LogP contribution >= 0.6 is 0 Å². The van der Waals surface area contributed by atoms with Crippen molar-refractivity contribution in [2.24, 2.45) is 5.92 Å². The summed E-state index contributed by atoms with van der Waals surface area (Å²) < 4.78 is 11.9. The van der Waals surface area contributed by atoms with E-state index in [1.54, 1.807) is 0 Å². The normalized spacial score (nSPS) is 15.9. The lowest BCUT2D eigenvalue weighted by Crippen LogP contribution is -2.45. The van der Waals surface area contributed by atoms with E-state index >= 15 is 0 Å². The van der Waals surface area contributed by atoms with Gasteiger partial charge in [0.1, 0.15) is 8.80 Å². The van der Waals surface area contributed by atoms with Crippen LogP contribution in [0.3, 0.4) is 0 Å². The quantitative estimate of drug-likeness (QED) is 0.590. The number of benzene rings is 3. The molecule has 137 valence electrons. The third-order valence-electron chi connectivity index (χ3n) is 5.08. The monoisotopic (exact) mass is 373 g/mol. The first-order valence-electron chi connectivity index (χ1n) is 9.64. The van der Waals surface area contributed by atoms with E-state index in [-0.39, 0.29) is 6.29 Å². The van der Waals surface area contributed by atoms with Gasteiger partial charge in [0.25, 0.3) is 0 Å². The summed E-state index contributed by atoms with van der Waals surface area (Å²) in [7, 11) is -0.914. The van der Waals surface area contributed by atoms with Gasteiger partial charge in [-0.15, -0.1) is 0 Å². The zero-order valence-electron chi connectivity index (χ0n) is 15.5. The van der Waals surface area contributed by atoms with Gasteiger partial charge in [0.2, 0.25) is 0 Å². The average molecular weight is 374 g/mol. The number of hydrogen-bond donors (Lipinski definition) is 0. The molecule has 1 radical (unpaired) electrons. The van der Waals surface area contributed by atoms with Gasteiger partial charge in [-0.1, -0.05) is 101 Å². The molecule has 1 heterocycles. The highest BCUT2D eigenvalue weighted by molar-refractivity contribution is 6.85. The second-order valence-corrected chi connectivity index (χ2v) is 9.49. The van der Waals surface area contributed by atoms with Crippen LogP contribution in [0.5, 0.6) is 0 Å². The van der Waals surface area contributed by atoms with Crippen molar-refractivity contribution in [2.75, 3.05) is 13.2 Å². The summed E-state index contributed by atoms with van der Waals surface area (Å²) in [4.78, 5) is 0. The third-order valence-corrected chi connectivity index (χ3v) is 8.08. The molecule has 0 saturated carbocycles. The molecular formula is C24H25O2Si. The molecule has 0 bridgehead atoms. The Morgan fingerprint density at radius 2 is 1.19 bits per heavy atom. The predicted molar refractivity (Wildman–Crippen MR) is 112 cm³/mol. The topological polar surface area (TPSA) is 18.5 Å². The Morgan fingerprint density at radius 3 is 1.70 bits per heavy atom. The van der Waals surface area contributed by atoms with Gasteiger partial charge in [-0.3, -0.25) is 0 Å². The minimum Gasteiger partial charge on any atom is -0.350 e. The van der Waals surface area contributed by atoms with Gasteiger partial charge in [-0.05, 0) is 18.0 Å². The van der Waals surface area contributed by atoms with Gasteiger partial charge < -0.3 is 9.47 Å². The van der Waals surface area contributed by atoms with Crippen LogP contribution in [0.15, 0.2) is 91.0 Å².